The fourth-order valence-electron chi connectivity index (χ4n) is 2.41. The van der Waals surface area contributed by atoms with Crippen LogP contribution in [0.2, 0.25) is 0 Å². The van der Waals surface area contributed by atoms with Crippen molar-refractivity contribution in [2.24, 2.45) is 5.41 Å². The lowest BCUT2D eigenvalue weighted by atomic mass is 9.89. The van der Waals surface area contributed by atoms with Gasteiger partial charge in [-0.2, -0.15) is 0 Å². The molecule has 1 rings (SSSR count). The molecule has 1 nitrogen and oxygen atoms in total. The van der Waals surface area contributed by atoms with Gasteiger partial charge in [0.15, 0.2) is 0 Å². The molecular weight excluding hydrogens is 189 g/mol. The van der Waals surface area contributed by atoms with Gasteiger partial charge in [0, 0.05) is 19.5 Å². The van der Waals surface area contributed by atoms with Gasteiger partial charge in [-0.1, -0.05) is 26.8 Å². The fraction of sp³-hybridized carbons (Fsp3) is 0.846. The Bertz CT molecular complexity index is 219. The molecule has 1 fully saturated rings. The van der Waals surface area contributed by atoms with Crippen LogP contribution in [0.15, 0.2) is 12.7 Å². The smallest absolute Gasteiger partial charge is 0.127 e. The highest BCUT2D eigenvalue weighted by atomic mass is 19.1. The Balaban J connectivity index is 2.52. The molecule has 1 saturated heterocycles. The second-order valence-electron chi connectivity index (χ2n) is 6.02. The van der Waals surface area contributed by atoms with Crippen LogP contribution in [-0.2, 0) is 0 Å². The van der Waals surface area contributed by atoms with E-state index in [1.165, 1.54) is 0 Å². The third kappa shape index (κ3) is 4.33. The zero-order valence-electron chi connectivity index (χ0n) is 10.4. The minimum atomic E-state index is -1.02. The summed E-state index contributed by atoms with van der Waals surface area (Å²) in [6, 6.07) is 0. The second-order valence-corrected chi connectivity index (χ2v) is 6.02. The van der Waals surface area contributed by atoms with E-state index in [1.54, 1.807) is 6.08 Å². The number of nitrogens with zero attached hydrogens (tertiary/aromatic N) is 1. The molecule has 0 bridgehead atoms. The number of halogens is 1. The molecule has 0 aromatic heterocycles. The van der Waals surface area contributed by atoms with E-state index in [4.69, 9.17) is 0 Å². The van der Waals surface area contributed by atoms with Crippen molar-refractivity contribution in [3.05, 3.63) is 12.7 Å². The molecule has 0 aliphatic carbocycles. The highest BCUT2D eigenvalue weighted by Gasteiger charge is 2.35. The topological polar surface area (TPSA) is 3.24 Å². The van der Waals surface area contributed by atoms with Gasteiger partial charge in [-0.05, 0) is 24.8 Å². The van der Waals surface area contributed by atoms with Gasteiger partial charge in [0.1, 0.15) is 5.67 Å². The van der Waals surface area contributed by atoms with E-state index >= 15 is 0 Å². The van der Waals surface area contributed by atoms with E-state index in [-0.39, 0.29) is 5.41 Å². The molecule has 0 radical (unpaired) electrons. The normalized spacial score (nSPS) is 29.1. The van der Waals surface area contributed by atoms with Gasteiger partial charge < -0.3 is 0 Å². The Morgan fingerprint density at radius 1 is 1.47 bits per heavy atom. The van der Waals surface area contributed by atoms with Crippen molar-refractivity contribution < 1.29 is 4.39 Å². The molecule has 1 heterocycles. The zero-order valence-corrected chi connectivity index (χ0v) is 10.4. The average molecular weight is 213 g/mol. The maximum atomic E-state index is 14.3. The van der Waals surface area contributed by atoms with Gasteiger partial charge in [0.05, 0.1) is 0 Å². The predicted molar refractivity (Wildman–Crippen MR) is 63.8 cm³/mol. The SMILES string of the molecule is C=CC[C@@]1(F)CCCN(CC(C)(C)C)C1. The number of likely N-dealkylation sites (tertiary alicyclic amines) is 1. The summed E-state index contributed by atoms with van der Waals surface area (Å²) < 4.78 is 14.3. The molecule has 1 atom stereocenters. The van der Waals surface area contributed by atoms with Gasteiger partial charge in [0.25, 0.3) is 0 Å². The van der Waals surface area contributed by atoms with Crippen LogP contribution in [0.5, 0.6) is 0 Å². The summed E-state index contributed by atoms with van der Waals surface area (Å²) >= 11 is 0. The van der Waals surface area contributed by atoms with Crippen LogP contribution in [0.1, 0.15) is 40.0 Å². The maximum absolute atomic E-state index is 14.3. The summed E-state index contributed by atoms with van der Waals surface area (Å²) in [4.78, 5) is 2.26. The second kappa shape index (κ2) is 4.65. The summed E-state index contributed by atoms with van der Waals surface area (Å²) in [6.07, 6.45) is 3.87. The maximum Gasteiger partial charge on any atom is 0.127 e. The van der Waals surface area contributed by atoms with Crippen LogP contribution in [0.3, 0.4) is 0 Å². The summed E-state index contributed by atoms with van der Waals surface area (Å²) in [5.41, 5.74) is -0.766. The Morgan fingerprint density at radius 3 is 2.67 bits per heavy atom. The minimum absolute atomic E-state index is 0.256. The third-order valence-corrected chi connectivity index (χ3v) is 2.81. The van der Waals surface area contributed by atoms with Crippen LogP contribution in [-0.4, -0.2) is 30.2 Å². The molecule has 1 aliphatic rings. The van der Waals surface area contributed by atoms with Gasteiger partial charge in [-0.25, -0.2) is 4.39 Å². The van der Waals surface area contributed by atoms with Crippen molar-refractivity contribution in [3.8, 4) is 0 Å². The highest BCUT2D eigenvalue weighted by Crippen LogP contribution is 2.30. The van der Waals surface area contributed by atoms with Crippen molar-refractivity contribution in [1.82, 2.24) is 4.90 Å². The number of rotatable bonds is 3. The summed E-state index contributed by atoms with van der Waals surface area (Å²) in [6.45, 7) is 12.9. The van der Waals surface area contributed by atoms with E-state index in [9.17, 15) is 4.39 Å². The summed E-state index contributed by atoms with van der Waals surface area (Å²) in [5.74, 6) is 0. The van der Waals surface area contributed by atoms with Crippen LogP contribution in [0.25, 0.3) is 0 Å². The first kappa shape index (κ1) is 12.7. The minimum Gasteiger partial charge on any atom is -0.300 e. The molecule has 0 spiro atoms. The molecule has 2 heteroatoms. The number of hydrogen-bond acceptors (Lipinski definition) is 1. The molecule has 0 aromatic rings. The van der Waals surface area contributed by atoms with E-state index < -0.39 is 5.67 Å². The van der Waals surface area contributed by atoms with Crippen LogP contribution in [0.4, 0.5) is 4.39 Å². The molecule has 0 amide bonds. The average Bonchev–Trinajstić information content (AvgIpc) is 1.99. The Morgan fingerprint density at radius 2 is 2.13 bits per heavy atom. The van der Waals surface area contributed by atoms with Crippen molar-refractivity contribution in [2.45, 2.75) is 45.7 Å². The lowest BCUT2D eigenvalue weighted by Gasteiger charge is -2.39. The Hall–Kier alpha value is -0.370. The Labute approximate surface area is 93.3 Å². The van der Waals surface area contributed by atoms with Gasteiger partial charge in [-0.15, -0.1) is 6.58 Å². The number of piperidine rings is 1. The van der Waals surface area contributed by atoms with E-state index in [0.717, 1.165) is 19.5 Å². The molecule has 0 aromatic carbocycles. The van der Waals surface area contributed by atoms with Crippen molar-refractivity contribution >= 4 is 0 Å². The zero-order chi connectivity index (χ0) is 11.5. The standard InChI is InChI=1S/C13H24FN/c1-5-7-13(14)8-6-9-15(11-13)10-12(2,3)4/h5H,1,6-11H2,2-4H3/t13-/m1/s1. The molecule has 1 aliphatic heterocycles. The van der Waals surface area contributed by atoms with Gasteiger partial charge in [-0.3, -0.25) is 4.90 Å². The van der Waals surface area contributed by atoms with Gasteiger partial charge in [0.2, 0.25) is 0 Å². The number of allylic oxidation sites excluding steroid dienone is 1. The largest absolute Gasteiger partial charge is 0.300 e. The lowest BCUT2D eigenvalue weighted by molar-refractivity contribution is 0.0316. The summed E-state index contributed by atoms with van der Waals surface area (Å²) in [7, 11) is 0. The van der Waals surface area contributed by atoms with E-state index in [2.05, 4.69) is 32.3 Å². The molecule has 88 valence electrons. The van der Waals surface area contributed by atoms with Crippen molar-refractivity contribution in [2.75, 3.05) is 19.6 Å². The predicted octanol–water partition coefficient (Wildman–Crippen LogP) is 3.41. The quantitative estimate of drug-likeness (QED) is 0.649. The summed E-state index contributed by atoms with van der Waals surface area (Å²) in [5, 5.41) is 0. The highest BCUT2D eigenvalue weighted by molar-refractivity contribution is 4.93. The van der Waals surface area contributed by atoms with Crippen LogP contribution in [0, 0.1) is 5.41 Å². The van der Waals surface area contributed by atoms with Gasteiger partial charge >= 0.3 is 0 Å². The molecule has 0 saturated carbocycles. The first-order valence-corrected chi connectivity index (χ1v) is 5.87. The van der Waals surface area contributed by atoms with Crippen LogP contribution < -0.4 is 0 Å². The fourth-order valence-corrected chi connectivity index (χ4v) is 2.41. The molecule has 0 unspecified atom stereocenters. The van der Waals surface area contributed by atoms with E-state index in [1.807, 2.05) is 0 Å². The number of alkyl halides is 1. The van der Waals surface area contributed by atoms with Crippen LogP contribution >= 0.6 is 0 Å². The Kier molecular flexibility index (Phi) is 3.93. The third-order valence-electron chi connectivity index (χ3n) is 2.81. The first-order chi connectivity index (χ1) is 6.85. The molecular formula is C13H24FN. The molecule has 15 heavy (non-hydrogen) atoms. The monoisotopic (exact) mass is 213 g/mol. The first-order valence-electron chi connectivity index (χ1n) is 5.87. The molecule has 0 N–H and O–H groups in total. The number of hydrogen-bond donors (Lipinski definition) is 0. The van der Waals surface area contributed by atoms with Crippen molar-refractivity contribution in [3.63, 3.8) is 0 Å². The van der Waals surface area contributed by atoms with E-state index in [0.29, 0.717) is 19.4 Å². The lowest BCUT2D eigenvalue weighted by Crippen LogP contribution is -2.47. The van der Waals surface area contributed by atoms with Crippen molar-refractivity contribution in [1.29, 1.82) is 0 Å².